The van der Waals surface area contributed by atoms with Crippen molar-refractivity contribution in [3.05, 3.63) is 29.3 Å². The average Bonchev–Trinajstić information content (AvgIpc) is 2.39. The Morgan fingerprint density at radius 2 is 2.16 bits per heavy atom. The number of ether oxygens (including phenoxy) is 1. The van der Waals surface area contributed by atoms with Crippen LogP contribution >= 0.6 is 12.2 Å². The largest absolute Gasteiger partial charge is 0.496 e. The quantitative estimate of drug-likeness (QED) is 0.708. The van der Waals surface area contributed by atoms with Crippen LogP contribution in [0.4, 0.5) is 0 Å². The summed E-state index contributed by atoms with van der Waals surface area (Å²) in [6.45, 7) is 4.68. The Bertz CT molecular complexity index is 418. The average molecular weight is 282 g/mol. The van der Waals surface area contributed by atoms with E-state index in [0.29, 0.717) is 17.3 Å². The number of nitrogens with zero attached hydrogens (tertiary/aromatic N) is 1. The lowest BCUT2D eigenvalue weighted by molar-refractivity contribution is 0.190. The smallest absolute Gasteiger partial charge is 0.129 e. The van der Waals surface area contributed by atoms with Gasteiger partial charge in [-0.2, -0.15) is 0 Å². The molecule has 5 heteroatoms. The van der Waals surface area contributed by atoms with Crippen LogP contribution in [0.3, 0.4) is 0 Å². The van der Waals surface area contributed by atoms with Crippen LogP contribution in [0.15, 0.2) is 18.2 Å². The molecule has 0 aliphatic rings. The molecule has 1 rings (SSSR count). The van der Waals surface area contributed by atoms with Crippen LogP contribution in [-0.2, 0) is 6.54 Å². The van der Waals surface area contributed by atoms with Crippen LogP contribution in [0.2, 0.25) is 0 Å². The topological polar surface area (TPSA) is 58.7 Å². The van der Waals surface area contributed by atoms with E-state index < -0.39 is 0 Å². The zero-order chi connectivity index (χ0) is 14.3. The third-order valence-corrected chi connectivity index (χ3v) is 3.11. The summed E-state index contributed by atoms with van der Waals surface area (Å²) in [6, 6.07) is 5.84. The highest BCUT2D eigenvalue weighted by Gasteiger charge is 2.09. The molecule has 0 atom stereocenters. The summed E-state index contributed by atoms with van der Waals surface area (Å²) in [5.74, 6) is 0.695. The SMILES string of the molecule is CCCN(CCO)Cc1ccc(OC)c(C(N)=S)c1. The normalized spacial score (nSPS) is 10.7. The molecule has 3 N–H and O–H groups in total. The monoisotopic (exact) mass is 282 g/mol. The fourth-order valence-corrected chi connectivity index (χ4v) is 2.19. The molecular weight excluding hydrogens is 260 g/mol. The zero-order valence-electron chi connectivity index (χ0n) is 11.6. The predicted octanol–water partition coefficient (Wildman–Crippen LogP) is 1.53. The molecule has 19 heavy (non-hydrogen) atoms. The van der Waals surface area contributed by atoms with E-state index in [1.807, 2.05) is 18.2 Å². The first kappa shape index (κ1) is 15.9. The predicted molar refractivity (Wildman–Crippen MR) is 81.5 cm³/mol. The van der Waals surface area contributed by atoms with Gasteiger partial charge in [-0.05, 0) is 30.7 Å². The number of hydrogen-bond acceptors (Lipinski definition) is 4. The molecule has 1 aromatic rings. The molecule has 0 unspecified atom stereocenters. The lowest BCUT2D eigenvalue weighted by Gasteiger charge is -2.21. The van der Waals surface area contributed by atoms with E-state index in [2.05, 4.69) is 11.8 Å². The van der Waals surface area contributed by atoms with E-state index in [1.165, 1.54) is 0 Å². The number of methoxy groups -OCH3 is 1. The Hall–Kier alpha value is -1.17. The van der Waals surface area contributed by atoms with Crippen molar-refractivity contribution in [3.8, 4) is 5.75 Å². The molecule has 0 fully saturated rings. The Morgan fingerprint density at radius 3 is 2.68 bits per heavy atom. The van der Waals surface area contributed by atoms with Crippen LogP contribution in [0.5, 0.6) is 5.75 Å². The molecule has 0 radical (unpaired) electrons. The first-order chi connectivity index (χ1) is 9.12. The molecule has 0 bridgehead atoms. The minimum Gasteiger partial charge on any atom is -0.496 e. The van der Waals surface area contributed by atoms with Crippen LogP contribution in [-0.4, -0.2) is 41.8 Å². The van der Waals surface area contributed by atoms with E-state index >= 15 is 0 Å². The number of thiocarbonyl (C=S) groups is 1. The molecule has 0 spiro atoms. The lowest BCUT2D eigenvalue weighted by Crippen LogP contribution is -2.27. The van der Waals surface area contributed by atoms with Gasteiger partial charge in [0.05, 0.1) is 19.3 Å². The fourth-order valence-electron chi connectivity index (χ4n) is 2.03. The van der Waals surface area contributed by atoms with Gasteiger partial charge >= 0.3 is 0 Å². The van der Waals surface area contributed by atoms with E-state index in [4.69, 9.17) is 27.8 Å². The minimum atomic E-state index is 0.165. The van der Waals surface area contributed by atoms with Crippen LogP contribution in [0.1, 0.15) is 24.5 Å². The first-order valence-corrected chi connectivity index (χ1v) is 6.83. The van der Waals surface area contributed by atoms with Crippen molar-refractivity contribution < 1.29 is 9.84 Å². The number of aliphatic hydroxyl groups is 1. The standard InChI is InChI=1S/C14H22N2O2S/c1-3-6-16(7-8-17)10-11-4-5-13(18-2)12(9-11)14(15)19/h4-5,9,17H,3,6-8,10H2,1-2H3,(H2,15,19). The molecule has 1 aromatic carbocycles. The lowest BCUT2D eigenvalue weighted by atomic mass is 10.1. The Morgan fingerprint density at radius 1 is 1.42 bits per heavy atom. The van der Waals surface area contributed by atoms with Crippen molar-refractivity contribution in [3.63, 3.8) is 0 Å². The highest BCUT2D eigenvalue weighted by Crippen LogP contribution is 2.20. The molecule has 0 aliphatic heterocycles. The summed E-state index contributed by atoms with van der Waals surface area (Å²) in [4.78, 5) is 2.54. The summed E-state index contributed by atoms with van der Waals surface area (Å²) in [5.41, 5.74) is 7.58. The number of hydrogen-bond donors (Lipinski definition) is 2. The van der Waals surface area contributed by atoms with Crippen molar-refractivity contribution in [1.29, 1.82) is 0 Å². The molecule has 0 saturated heterocycles. The van der Waals surface area contributed by atoms with Gasteiger partial charge in [0.2, 0.25) is 0 Å². The Labute approximate surface area is 120 Å². The Balaban J connectivity index is 2.88. The minimum absolute atomic E-state index is 0.165. The molecule has 0 heterocycles. The van der Waals surface area contributed by atoms with E-state index in [0.717, 1.165) is 30.6 Å². The van der Waals surface area contributed by atoms with Gasteiger partial charge in [-0.1, -0.05) is 25.2 Å². The maximum absolute atomic E-state index is 9.06. The van der Waals surface area contributed by atoms with Crippen LogP contribution in [0, 0.1) is 0 Å². The van der Waals surface area contributed by atoms with Crippen molar-refractivity contribution in [2.24, 2.45) is 5.73 Å². The molecule has 4 nitrogen and oxygen atoms in total. The van der Waals surface area contributed by atoms with E-state index in [1.54, 1.807) is 7.11 Å². The van der Waals surface area contributed by atoms with Gasteiger partial charge in [0.25, 0.3) is 0 Å². The number of rotatable bonds is 8. The highest BCUT2D eigenvalue weighted by molar-refractivity contribution is 7.80. The number of aliphatic hydroxyl groups excluding tert-OH is 1. The van der Waals surface area contributed by atoms with Crippen LogP contribution in [0.25, 0.3) is 0 Å². The number of benzene rings is 1. The summed E-state index contributed by atoms with van der Waals surface area (Å²) in [6.07, 6.45) is 1.05. The molecular formula is C14H22N2O2S. The van der Waals surface area contributed by atoms with Gasteiger partial charge in [0.1, 0.15) is 10.7 Å². The summed E-state index contributed by atoms with van der Waals surface area (Å²) < 4.78 is 5.24. The maximum atomic E-state index is 9.06. The second-order valence-corrected chi connectivity index (χ2v) is 4.84. The summed E-state index contributed by atoms with van der Waals surface area (Å²) >= 11 is 5.04. The maximum Gasteiger partial charge on any atom is 0.129 e. The summed E-state index contributed by atoms with van der Waals surface area (Å²) in [7, 11) is 1.60. The molecule has 0 aromatic heterocycles. The third kappa shape index (κ3) is 4.78. The van der Waals surface area contributed by atoms with Gasteiger partial charge < -0.3 is 15.6 Å². The van der Waals surface area contributed by atoms with Gasteiger partial charge in [-0.3, -0.25) is 4.90 Å². The van der Waals surface area contributed by atoms with E-state index in [-0.39, 0.29) is 6.61 Å². The van der Waals surface area contributed by atoms with Gasteiger partial charge in [0, 0.05) is 13.1 Å². The molecule has 106 valence electrons. The van der Waals surface area contributed by atoms with Gasteiger partial charge in [-0.25, -0.2) is 0 Å². The zero-order valence-corrected chi connectivity index (χ0v) is 12.4. The van der Waals surface area contributed by atoms with Crippen molar-refractivity contribution >= 4 is 17.2 Å². The molecule has 0 saturated carbocycles. The van der Waals surface area contributed by atoms with Crippen molar-refractivity contribution in [2.45, 2.75) is 19.9 Å². The first-order valence-electron chi connectivity index (χ1n) is 6.42. The fraction of sp³-hybridized carbons (Fsp3) is 0.500. The molecule has 0 aliphatic carbocycles. The van der Waals surface area contributed by atoms with E-state index in [9.17, 15) is 0 Å². The van der Waals surface area contributed by atoms with Crippen molar-refractivity contribution in [2.75, 3.05) is 26.8 Å². The summed E-state index contributed by atoms with van der Waals surface area (Å²) in [5, 5.41) is 9.06. The second-order valence-electron chi connectivity index (χ2n) is 4.40. The van der Waals surface area contributed by atoms with Crippen molar-refractivity contribution in [1.82, 2.24) is 4.90 Å². The van der Waals surface area contributed by atoms with Gasteiger partial charge in [-0.15, -0.1) is 0 Å². The van der Waals surface area contributed by atoms with Gasteiger partial charge in [0.15, 0.2) is 0 Å². The third-order valence-electron chi connectivity index (χ3n) is 2.89. The Kier molecular flexibility index (Phi) is 6.77. The number of nitrogens with two attached hydrogens (primary N) is 1. The molecule has 0 amide bonds. The second kappa shape index (κ2) is 8.09. The highest BCUT2D eigenvalue weighted by atomic mass is 32.1. The van der Waals surface area contributed by atoms with Crippen LogP contribution < -0.4 is 10.5 Å².